The lowest BCUT2D eigenvalue weighted by Crippen LogP contribution is -2.43. The van der Waals surface area contributed by atoms with Crippen molar-refractivity contribution in [3.63, 3.8) is 0 Å². The Balaban J connectivity index is 1.33. The summed E-state index contributed by atoms with van der Waals surface area (Å²) in [5.74, 6) is 1.20. The summed E-state index contributed by atoms with van der Waals surface area (Å²) in [5, 5.41) is 11.7. The Bertz CT molecular complexity index is 1380. The molecule has 0 saturated carbocycles. The van der Waals surface area contributed by atoms with Gasteiger partial charge in [-0.05, 0) is 38.1 Å². The average Bonchev–Trinajstić information content (AvgIpc) is 3.64. The first-order valence-electron chi connectivity index (χ1n) is 14.3. The molecule has 3 aromatic rings. The van der Waals surface area contributed by atoms with Gasteiger partial charge < -0.3 is 25.2 Å². The van der Waals surface area contributed by atoms with E-state index in [1.165, 1.54) is 0 Å². The van der Waals surface area contributed by atoms with Crippen LogP contribution in [0.25, 0.3) is 22.2 Å². The van der Waals surface area contributed by atoms with Crippen LogP contribution in [0.5, 0.6) is 5.88 Å². The van der Waals surface area contributed by atoms with Gasteiger partial charge in [0.1, 0.15) is 22.9 Å². The van der Waals surface area contributed by atoms with Crippen molar-refractivity contribution in [2.45, 2.75) is 76.4 Å². The molecule has 1 saturated heterocycles. The Labute approximate surface area is 234 Å². The smallest absolute Gasteiger partial charge is 0.269 e. The molecule has 2 aliphatic heterocycles. The minimum Gasteiger partial charge on any atom is -0.480 e. The van der Waals surface area contributed by atoms with Gasteiger partial charge >= 0.3 is 0 Å². The third-order valence-electron chi connectivity index (χ3n) is 7.86. The summed E-state index contributed by atoms with van der Waals surface area (Å²) >= 11 is 0. The maximum Gasteiger partial charge on any atom is 0.269 e. The summed E-state index contributed by atoms with van der Waals surface area (Å²) in [6.07, 6.45) is 8.35. The van der Waals surface area contributed by atoms with Crippen LogP contribution in [0.15, 0.2) is 41.7 Å². The summed E-state index contributed by atoms with van der Waals surface area (Å²) in [4.78, 5) is 43.6. The number of benzene rings is 1. The molecule has 40 heavy (non-hydrogen) atoms. The molecule has 0 bridgehead atoms. The maximum atomic E-state index is 13.3. The Morgan fingerprint density at radius 2 is 2.00 bits per heavy atom. The molecule has 2 aliphatic rings. The van der Waals surface area contributed by atoms with E-state index in [2.05, 4.69) is 30.7 Å². The Kier molecular flexibility index (Phi) is 8.74. The van der Waals surface area contributed by atoms with Gasteiger partial charge in [-0.3, -0.25) is 9.59 Å². The van der Waals surface area contributed by atoms with Crippen molar-refractivity contribution < 1.29 is 19.2 Å². The summed E-state index contributed by atoms with van der Waals surface area (Å²) < 4.78 is 5.59. The fraction of sp³-hybridized carbons (Fsp3) is 0.500. The number of fused-ring (bicyclic) bond motifs is 1. The van der Waals surface area contributed by atoms with E-state index < -0.39 is 0 Å². The quantitative estimate of drug-likeness (QED) is 0.283. The van der Waals surface area contributed by atoms with Crippen molar-refractivity contribution in [1.82, 2.24) is 25.6 Å². The minimum absolute atomic E-state index is 0.232. The number of oxime groups is 1. The van der Waals surface area contributed by atoms with E-state index in [1.54, 1.807) is 13.3 Å². The van der Waals surface area contributed by atoms with Crippen LogP contribution in [0.1, 0.15) is 76.6 Å². The van der Waals surface area contributed by atoms with Crippen LogP contribution in [-0.4, -0.2) is 58.2 Å². The van der Waals surface area contributed by atoms with E-state index in [9.17, 15) is 9.59 Å². The van der Waals surface area contributed by atoms with Gasteiger partial charge in [0.15, 0.2) is 0 Å². The van der Waals surface area contributed by atoms with E-state index in [4.69, 9.17) is 9.57 Å². The lowest BCUT2D eigenvalue weighted by Gasteiger charge is -2.30. The van der Waals surface area contributed by atoms with Gasteiger partial charge in [0, 0.05) is 37.5 Å². The van der Waals surface area contributed by atoms with Crippen LogP contribution in [0, 0.1) is 0 Å². The third kappa shape index (κ3) is 6.33. The highest BCUT2D eigenvalue weighted by molar-refractivity contribution is 6.39. The normalized spacial score (nSPS) is 16.9. The number of hydrogen-bond acceptors (Lipinski definition) is 8. The number of aromatic nitrogens is 3. The molecule has 1 spiro atoms. The number of methoxy groups -OCH3 is 1. The molecule has 2 aromatic heterocycles. The predicted molar refractivity (Wildman–Crippen MR) is 153 cm³/mol. The van der Waals surface area contributed by atoms with Crippen molar-refractivity contribution in [3.8, 4) is 17.1 Å². The molecule has 212 valence electrons. The summed E-state index contributed by atoms with van der Waals surface area (Å²) in [5.41, 5.74) is 2.45. The van der Waals surface area contributed by atoms with Crippen molar-refractivity contribution in [1.29, 1.82) is 0 Å². The number of ketones is 1. The SMILES string of the molecule is CCC(=O)CCCCCC(NC(=O)C1=NOC2(CCNCC2)C1)c1ncc(-c2cc3ccccc3nc2OC)[nH]1. The molecule has 1 aromatic carbocycles. The van der Waals surface area contributed by atoms with Gasteiger partial charge in [-0.25, -0.2) is 9.97 Å². The lowest BCUT2D eigenvalue weighted by molar-refractivity contribution is -0.119. The number of ether oxygens (including phenoxy) is 1. The maximum absolute atomic E-state index is 13.3. The van der Waals surface area contributed by atoms with Crippen molar-refractivity contribution in [3.05, 3.63) is 42.4 Å². The number of aromatic amines is 1. The number of carbonyl (C=O) groups excluding carboxylic acids is 2. The summed E-state index contributed by atoms with van der Waals surface area (Å²) in [6, 6.07) is 9.55. The number of carbonyl (C=O) groups is 2. The highest BCUT2D eigenvalue weighted by Crippen LogP contribution is 2.34. The number of Topliss-reactive ketones (excluding diaryl/α,β-unsaturated/α-hetero) is 1. The topological polar surface area (TPSA) is 131 Å². The number of imidazole rings is 1. The zero-order chi connectivity index (χ0) is 28.0. The number of pyridine rings is 1. The Morgan fingerprint density at radius 1 is 1.18 bits per heavy atom. The first-order chi connectivity index (χ1) is 19.5. The second-order valence-electron chi connectivity index (χ2n) is 10.7. The molecule has 3 N–H and O–H groups in total. The first kappa shape index (κ1) is 27.8. The van der Waals surface area contributed by atoms with Gasteiger partial charge in [-0.15, -0.1) is 0 Å². The number of amides is 1. The standard InChI is InChI=1S/C30H38N6O4/c1-3-21(37)10-5-4-6-12-24(34-28(38)25-18-30(40-36-25)13-15-31-16-14-30)27-32-19-26(33-27)22-17-20-9-7-8-11-23(20)35-29(22)39-2/h7-9,11,17,19,24,31H,3-6,10,12-16,18H2,1-2H3,(H,32,33)(H,34,38). The highest BCUT2D eigenvalue weighted by Gasteiger charge is 2.42. The molecular weight excluding hydrogens is 508 g/mol. The van der Waals surface area contributed by atoms with E-state index in [-0.39, 0.29) is 23.3 Å². The molecule has 1 unspecified atom stereocenters. The average molecular weight is 547 g/mol. The molecule has 1 fully saturated rings. The molecule has 1 amide bonds. The van der Waals surface area contributed by atoms with Crippen LogP contribution >= 0.6 is 0 Å². The first-order valence-corrected chi connectivity index (χ1v) is 14.3. The second kappa shape index (κ2) is 12.6. The van der Waals surface area contributed by atoms with Crippen LogP contribution in [0.4, 0.5) is 0 Å². The number of piperidine rings is 1. The van der Waals surface area contributed by atoms with Crippen molar-refractivity contribution in [2.24, 2.45) is 5.16 Å². The number of rotatable bonds is 12. The van der Waals surface area contributed by atoms with Crippen molar-refractivity contribution >= 4 is 28.3 Å². The number of unbranched alkanes of at least 4 members (excludes halogenated alkanes) is 2. The second-order valence-corrected chi connectivity index (χ2v) is 10.7. The lowest BCUT2D eigenvalue weighted by atomic mass is 9.87. The van der Waals surface area contributed by atoms with Crippen LogP contribution < -0.4 is 15.4 Å². The van der Waals surface area contributed by atoms with Gasteiger partial charge in [-0.1, -0.05) is 43.1 Å². The monoisotopic (exact) mass is 546 g/mol. The molecule has 10 heteroatoms. The molecule has 1 atom stereocenters. The fourth-order valence-electron chi connectivity index (χ4n) is 5.43. The van der Waals surface area contributed by atoms with Crippen molar-refractivity contribution in [2.75, 3.05) is 20.2 Å². The van der Waals surface area contributed by atoms with Crippen LogP contribution in [0.3, 0.4) is 0 Å². The van der Waals surface area contributed by atoms with Gasteiger partial charge in [0.25, 0.3) is 5.91 Å². The van der Waals surface area contributed by atoms with Crippen LogP contribution in [0.2, 0.25) is 0 Å². The number of nitrogens with one attached hydrogen (secondary N) is 3. The molecule has 0 radical (unpaired) electrons. The highest BCUT2D eigenvalue weighted by atomic mass is 16.7. The van der Waals surface area contributed by atoms with E-state index in [0.29, 0.717) is 43.1 Å². The Hall–Kier alpha value is -3.79. The van der Waals surface area contributed by atoms with Crippen LogP contribution in [-0.2, 0) is 14.4 Å². The summed E-state index contributed by atoms with van der Waals surface area (Å²) in [7, 11) is 1.60. The number of para-hydroxylation sites is 1. The zero-order valence-corrected chi connectivity index (χ0v) is 23.3. The molecular formula is C30H38N6O4. The van der Waals surface area contributed by atoms with Gasteiger partial charge in [-0.2, -0.15) is 0 Å². The van der Waals surface area contributed by atoms with Gasteiger partial charge in [0.05, 0.1) is 36.1 Å². The molecule has 4 heterocycles. The zero-order valence-electron chi connectivity index (χ0n) is 23.3. The summed E-state index contributed by atoms with van der Waals surface area (Å²) in [6.45, 7) is 3.61. The third-order valence-corrected chi connectivity index (χ3v) is 7.86. The fourth-order valence-corrected chi connectivity index (χ4v) is 5.43. The van der Waals surface area contributed by atoms with Gasteiger partial charge in [0.2, 0.25) is 5.88 Å². The molecule has 0 aliphatic carbocycles. The molecule has 5 rings (SSSR count). The van der Waals surface area contributed by atoms with E-state index in [0.717, 1.165) is 67.4 Å². The minimum atomic E-state index is -0.378. The number of H-pyrrole nitrogens is 1. The number of hydrogen-bond donors (Lipinski definition) is 3. The molecule has 10 nitrogen and oxygen atoms in total. The largest absolute Gasteiger partial charge is 0.480 e. The predicted octanol–water partition coefficient (Wildman–Crippen LogP) is 4.62. The van der Waals surface area contributed by atoms with E-state index in [1.807, 2.05) is 37.3 Å². The Morgan fingerprint density at radius 3 is 2.80 bits per heavy atom. The number of nitrogens with zero attached hydrogens (tertiary/aromatic N) is 3. The van der Waals surface area contributed by atoms with E-state index >= 15 is 0 Å².